The van der Waals surface area contributed by atoms with Gasteiger partial charge in [0, 0.05) is 18.7 Å². The van der Waals surface area contributed by atoms with Gasteiger partial charge in [-0.05, 0) is 30.3 Å². The summed E-state index contributed by atoms with van der Waals surface area (Å²) in [4.78, 5) is 1.38. The highest BCUT2D eigenvalue weighted by Gasteiger charge is 2.03. The van der Waals surface area contributed by atoms with Crippen LogP contribution < -0.4 is 14.6 Å². The van der Waals surface area contributed by atoms with E-state index in [0.29, 0.717) is 0 Å². The lowest BCUT2D eigenvalue weighted by atomic mass is 10.2. The van der Waals surface area contributed by atoms with Crippen molar-refractivity contribution in [1.29, 1.82) is 0 Å². The predicted octanol–water partition coefficient (Wildman–Crippen LogP) is 1.09. The van der Waals surface area contributed by atoms with Crippen molar-refractivity contribution in [3.8, 4) is 5.75 Å². The van der Waals surface area contributed by atoms with Gasteiger partial charge in [0.1, 0.15) is 12.3 Å². The molecule has 0 saturated heterocycles. The first-order valence-corrected chi connectivity index (χ1v) is 6.31. The van der Waals surface area contributed by atoms with Crippen molar-refractivity contribution >= 4 is 11.9 Å². The van der Waals surface area contributed by atoms with Gasteiger partial charge < -0.3 is 9.64 Å². The number of hydrazone groups is 1. The fraction of sp³-hybridized carbons (Fsp3) is 0.267. The summed E-state index contributed by atoms with van der Waals surface area (Å²) in [6, 6.07) is 7.83. The first kappa shape index (κ1) is 13.4. The number of rotatable bonds is 4. The van der Waals surface area contributed by atoms with Crippen LogP contribution in [-0.2, 0) is 0 Å². The molecule has 0 spiro atoms. The third-order valence-electron chi connectivity index (χ3n) is 3.05. The molecular weight excluding hydrogens is 238 g/mol. The highest BCUT2D eigenvalue weighted by atomic mass is 16.5. The summed E-state index contributed by atoms with van der Waals surface area (Å²) < 4.78 is 5.14. The molecule has 100 valence electrons. The molecule has 0 bridgehead atoms. The normalized spacial score (nSPS) is 18.5. The molecule has 0 saturated carbocycles. The summed E-state index contributed by atoms with van der Waals surface area (Å²) in [6.45, 7) is 1.00. The molecule has 0 radical (unpaired) electrons. The monoisotopic (exact) mass is 258 g/mol. The Labute approximate surface area is 114 Å². The molecule has 19 heavy (non-hydrogen) atoms. The predicted molar refractivity (Wildman–Crippen MR) is 78.9 cm³/mol. The average molecular weight is 258 g/mol. The number of nitrogens with zero attached hydrogens (tertiary/aromatic N) is 2. The van der Waals surface area contributed by atoms with E-state index in [1.165, 1.54) is 4.90 Å². The maximum absolute atomic E-state index is 5.14. The van der Waals surface area contributed by atoms with Gasteiger partial charge in [0.2, 0.25) is 0 Å². The van der Waals surface area contributed by atoms with E-state index in [9.17, 15) is 0 Å². The second-order valence-corrected chi connectivity index (χ2v) is 4.55. The summed E-state index contributed by atoms with van der Waals surface area (Å²) in [6.07, 6.45) is 8.28. The van der Waals surface area contributed by atoms with E-state index in [2.05, 4.69) is 30.5 Å². The topological polar surface area (TPSA) is 29.3 Å². The van der Waals surface area contributed by atoms with Gasteiger partial charge in [-0.1, -0.05) is 0 Å². The van der Waals surface area contributed by atoms with Crippen LogP contribution in [0.4, 0.5) is 5.69 Å². The van der Waals surface area contributed by atoms with Gasteiger partial charge in [0.25, 0.3) is 0 Å². The first-order chi connectivity index (χ1) is 9.19. The van der Waals surface area contributed by atoms with Crippen molar-refractivity contribution in [1.82, 2.24) is 0 Å². The van der Waals surface area contributed by atoms with Crippen molar-refractivity contribution in [3.63, 3.8) is 0 Å². The molecule has 0 amide bonds. The molecular formula is C15H20N3O+. The van der Waals surface area contributed by atoms with E-state index in [1.807, 2.05) is 42.5 Å². The highest BCUT2D eigenvalue weighted by Crippen LogP contribution is 2.18. The van der Waals surface area contributed by atoms with Gasteiger partial charge in [0.05, 0.1) is 32.3 Å². The van der Waals surface area contributed by atoms with E-state index in [4.69, 9.17) is 4.74 Å². The number of benzene rings is 1. The molecule has 2 rings (SSSR count). The number of quaternary nitrogens is 1. The Balaban J connectivity index is 2.00. The Bertz CT molecular complexity index is 503. The summed E-state index contributed by atoms with van der Waals surface area (Å²) in [7, 11) is 5.73. The highest BCUT2D eigenvalue weighted by molar-refractivity contribution is 5.83. The lowest BCUT2D eigenvalue weighted by molar-refractivity contribution is -0.818. The smallest absolute Gasteiger partial charge is 0.119 e. The quantitative estimate of drug-likeness (QED) is 0.647. The van der Waals surface area contributed by atoms with Crippen molar-refractivity contribution in [2.75, 3.05) is 32.8 Å². The third-order valence-corrected chi connectivity index (χ3v) is 3.05. The summed E-state index contributed by atoms with van der Waals surface area (Å²) in [5.41, 5.74) is 2.17. The van der Waals surface area contributed by atoms with Crippen LogP contribution in [0.5, 0.6) is 5.75 Å². The lowest BCUT2D eigenvalue weighted by Crippen LogP contribution is -3.04. The second-order valence-electron chi connectivity index (χ2n) is 4.55. The Morgan fingerprint density at radius 3 is 2.63 bits per heavy atom. The minimum absolute atomic E-state index is 0.852. The second kappa shape index (κ2) is 6.20. The average Bonchev–Trinajstić information content (AvgIpc) is 2.46. The van der Waals surface area contributed by atoms with Crippen LogP contribution in [-0.4, -0.2) is 34.0 Å². The zero-order valence-corrected chi connectivity index (χ0v) is 11.6. The van der Waals surface area contributed by atoms with E-state index >= 15 is 0 Å². The first-order valence-electron chi connectivity index (χ1n) is 6.31. The summed E-state index contributed by atoms with van der Waals surface area (Å²) >= 11 is 0. The van der Waals surface area contributed by atoms with Crippen LogP contribution in [0.1, 0.15) is 0 Å². The molecule has 1 N–H and O–H groups in total. The molecule has 0 aromatic heterocycles. The van der Waals surface area contributed by atoms with E-state index in [-0.39, 0.29) is 0 Å². The van der Waals surface area contributed by atoms with Crippen LogP contribution in [0.25, 0.3) is 0 Å². The summed E-state index contributed by atoms with van der Waals surface area (Å²) in [5, 5.41) is 6.28. The molecule has 4 nitrogen and oxygen atoms in total. The van der Waals surface area contributed by atoms with Crippen LogP contribution >= 0.6 is 0 Å². The van der Waals surface area contributed by atoms with Crippen LogP contribution in [0.2, 0.25) is 0 Å². The summed E-state index contributed by atoms with van der Waals surface area (Å²) in [5.74, 6) is 0.852. The molecule has 1 unspecified atom stereocenters. The minimum Gasteiger partial charge on any atom is -0.497 e. The molecule has 0 aliphatic carbocycles. The van der Waals surface area contributed by atoms with Crippen LogP contribution in [0, 0.1) is 0 Å². The van der Waals surface area contributed by atoms with Gasteiger partial charge >= 0.3 is 0 Å². The molecule has 4 heteroatoms. The number of anilines is 1. The van der Waals surface area contributed by atoms with Gasteiger partial charge in [0.15, 0.2) is 0 Å². The Kier molecular flexibility index (Phi) is 4.36. The number of hydrogen-bond donors (Lipinski definition) is 1. The minimum atomic E-state index is 0.852. The van der Waals surface area contributed by atoms with Crippen LogP contribution in [0.3, 0.4) is 0 Å². The van der Waals surface area contributed by atoms with Gasteiger partial charge in [-0.15, -0.1) is 0 Å². The molecule has 1 aliphatic rings. The van der Waals surface area contributed by atoms with E-state index in [1.54, 1.807) is 7.11 Å². The lowest BCUT2D eigenvalue weighted by Gasteiger charge is -2.14. The zero-order chi connectivity index (χ0) is 13.7. The third kappa shape index (κ3) is 3.69. The number of likely N-dealkylation sites (N-methyl/N-ethyl adjacent to an activating group) is 1. The number of allylic oxidation sites excluding steroid dienone is 2. The molecule has 0 fully saturated rings. The van der Waals surface area contributed by atoms with E-state index in [0.717, 1.165) is 23.6 Å². The van der Waals surface area contributed by atoms with Gasteiger partial charge in [-0.25, -0.2) is 0 Å². The molecule has 1 atom stereocenters. The maximum atomic E-state index is 5.14. The Morgan fingerprint density at radius 2 is 2.05 bits per heavy atom. The number of hydrogen-bond acceptors (Lipinski definition) is 3. The van der Waals surface area contributed by atoms with Crippen LogP contribution in [0.15, 0.2) is 53.3 Å². The molecule has 1 heterocycles. The van der Waals surface area contributed by atoms with Crippen molar-refractivity contribution in [3.05, 3.63) is 48.2 Å². The fourth-order valence-corrected chi connectivity index (χ4v) is 1.77. The molecule has 1 aromatic rings. The van der Waals surface area contributed by atoms with Crippen molar-refractivity contribution in [2.45, 2.75) is 0 Å². The Hall–Kier alpha value is -2.07. The SMILES string of the molecule is COc1ccc(N(C)N=CC2=CC[NH+](C)C=C2)cc1. The van der Waals surface area contributed by atoms with Gasteiger partial charge in [-0.3, -0.25) is 5.01 Å². The maximum Gasteiger partial charge on any atom is 0.119 e. The standard InChI is InChI=1S/C15H19N3O/c1-17-10-8-13(9-11-17)12-16-18(2)14-4-6-15(19-3)7-5-14/h4-10,12H,11H2,1-3H3/p+1. The van der Waals surface area contributed by atoms with E-state index < -0.39 is 0 Å². The number of ether oxygens (including phenoxy) is 1. The molecule has 1 aromatic carbocycles. The fourth-order valence-electron chi connectivity index (χ4n) is 1.77. The molecule has 1 aliphatic heterocycles. The Morgan fingerprint density at radius 1 is 1.32 bits per heavy atom. The zero-order valence-electron chi connectivity index (χ0n) is 11.6. The number of methoxy groups -OCH3 is 1. The number of nitrogens with one attached hydrogen (secondary N) is 1. The van der Waals surface area contributed by atoms with Gasteiger partial charge in [-0.2, -0.15) is 5.10 Å². The van der Waals surface area contributed by atoms with Crippen molar-refractivity contribution < 1.29 is 9.64 Å². The largest absolute Gasteiger partial charge is 0.497 e. The van der Waals surface area contributed by atoms with Crippen molar-refractivity contribution in [2.24, 2.45) is 5.10 Å².